The predicted molar refractivity (Wildman–Crippen MR) is 44.4 cm³/mol. The van der Waals surface area contributed by atoms with Crippen molar-refractivity contribution in [3.05, 3.63) is 0 Å². The highest BCUT2D eigenvalue weighted by atomic mass is 19.4. The van der Waals surface area contributed by atoms with Gasteiger partial charge in [0.2, 0.25) is 6.29 Å². The number of aliphatic hydroxyl groups excluding tert-OH is 3. The number of carboxylic acid groups (broad SMARTS) is 1. The van der Waals surface area contributed by atoms with Gasteiger partial charge in [0.05, 0.1) is 6.42 Å². The van der Waals surface area contributed by atoms with Gasteiger partial charge in [0, 0.05) is 0 Å². The molecule has 18 heavy (non-hydrogen) atoms. The average molecular weight is 275 g/mol. The average Bonchev–Trinajstić information content (AvgIpc) is 2.67. The Morgan fingerprint density at radius 3 is 2.22 bits per heavy atom. The van der Waals surface area contributed by atoms with Crippen LogP contribution in [0, 0.1) is 0 Å². The van der Waals surface area contributed by atoms with Crippen molar-refractivity contribution in [2.75, 3.05) is 6.54 Å². The maximum Gasteiger partial charge on any atom is 0.430 e. The van der Waals surface area contributed by atoms with Gasteiger partial charge >= 0.3 is 6.18 Å². The first kappa shape index (κ1) is 15.1. The molecule has 0 spiro atoms. The van der Waals surface area contributed by atoms with E-state index in [0.29, 0.717) is 18.0 Å². The molecule has 106 valence electrons. The number of quaternary nitrogens is 1. The number of carboxylic acids is 1. The first-order valence-corrected chi connectivity index (χ1v) is 4.97. The van der Waals surface area contributed by atoms with Crippen LogP contribution in [0.3, 0.4) is 0 Å². The number of carbonyl (C=O) groups is 1. The number of nitrogens with one attached hydrogen (secondary N) is 1. The number of fused-ring (bicyclic) bond motifs is 1. The third-order valence-electron chi connectivity index (χ3n) is 2.60. The zero-order valence-electron chi connectivity index (χ0n) is 8.92. The van der Waals surface area contributed by atoms with Gasteiger partial charge < -0.3 is 25.2 Å². The van der Waals surface area contributed by atoms with Crippen molar-refractivity contribution in [2.24, 2.45) is 0 Å². The second-order valence-electron chi connectivity index (χ2n) is 3.93. The summed E-state index contributed by atoms with van der Waals surface area (Å²) in [6.07, 6.45) is -7.02. The minimum atomic E-state index is -5.19. The minimum absolute atomic E-state index is 0.153. The SMILES string of the molecule is O=C([O-])C(F)(F)F.O[C@@H]1[C@H](O)C[NH+]2O[C@@H](O)C[C@@H]12. The van der Waals surface area contributed by atoms with E-state index in [1.54, 1.807) is 0 Å². The lowest BCUT2D eigenvalue weighted by Crippen LogP contribution is -3.11. The molecule has 0 aromatic heterocycles. The van der Waals surface area contributed by atoms with Gasteiger partial charge in [-0.3, -0.25) is 0 Å². The Balaban J connectivity index is 0.000000203. The van der Waals surface area contributed by atoms with Gasteiger partial charge in [0.15, 0.2) is 6.04 Å². The molecule has 1 unspecified atom stereocenters. The van der Waals surface area contributed by atoms with E-state index >= 15 is 0 Å². The summed E-state index contributed by atoms with van der Waals surface area (Å²) in [6.45, 7) is 0.364. The summed E-state index contributed by atoms with van der Waals surface area (Å²) < 4.78 is 31.5. The second kappa shape index (κ2) is 5.36. The molecule has 0 amide bonds. The molecule has 0 radical (unpaired) electrons. The van der Waals surface area contributed by atoms with Crippen molar-refractivity contribution < 1.29 is 48.3 Å². The lowest BCUT2D eigenvalue weighted by atomic mass is 10.1. The molecule has 2 aliphatic heterocycles. The van der Waals surface area contributed by atoms with E-state index in [2.05, 4.69) is 0 Å². The van der Waals surface area contributed by atoms with Crippen LogP contribution in [0.5, 0.6) is 0 Å². The highest BCUT2D eigenvalue weighted by Gasteiger charge is 2.51. The summed E-state index contributed by atoms with van der Waals surface area (Å²) in [5.41, 5.74) is 0. The number of hydroxylamine groups is 2. The number of halogens is 3. The van der Waals surface area contributed by atoms with Crippen LogP contribution in [0.25, 0.3) is 0 Å². The molecule has 2 saturated heterocycles. The van der Waals surface area contributed by atoms with Crippen molar-refractivity contribution in [2.45, 2.75) is 37.1 Å². The topological polar surface area (TPSA) is 114 Å². The van der Waals surface area contributed by atoms with Gasteiger partial charge in [-0.05, 0) is 0 Å². The third-order valence-corrected chi connectivity index (χ3v) is 2.60. The van der Waals surface area contributed by atoms with Crippen LogP contribution in [0.4, 0.5) is 13.2 Å². The molecule has 7 nitrogen and oxygen atoms in total. The second-order valence-corrected chi connectivity index (χ2v) is 3.93. The summed E-state index contributed by atoms with van der Waals surface area (Å²) >= 11 is 0. The molecule has 0 aromatic carbocycles. The Morgan fingerprint density at radius 2 is 1.83 bits per heavy atom. The molecule has 2 rings (SSSR count). The summed E-state index contributed by atoms with van der Waals surface area (Å²) in [7, 11) is 0. The Hall–Kier alpha value is -0.940. The smallest absolute Gasteiger partial charge is 0.430 e. The quantitative estimate of drug-likeness (QED) is 0.357. The molecular formula is C8H12F3NO6. The summed E-state index contributed by atoms with van der Waals surface area (Å²) in [5.74, 6) is -3.01. The summed E-state index contributed by atoms with van der Waals surface area (Å²) in [5, 5.41) is 36.9. The van der Waals surface area contributed by atoms with Crippen molar-refractivity contribution in [3.63, 3.8) is 0 Å². The van der Waals surface area contributed by atoms with Gasteiger partial charge in [0.25, 0.3) is 0 Å². The van der Waals surface area contributed by atoms with E-state index in [0.717, 1.165) is 0 Å². The van der Waals surface area contributed by atoms with Gasteiger partial charge in [-0.2, -0.15) is 23.1 Å². The minimum Gasteiger partial charge on any atom is -0.542 e. The van der Waals surface area contributed by atoms with Crippen LogP contribution in [-0.4, -0.2) is 58.5 Å². The molecule has 0 bridgehead atoms. The van der Waals surface area contributed by atoms with E-state index in [9.17, 15) is 18.3 Å². The maximum absolute atomic E-state index is 10.5. The monoisotopic (exact) mass is 275 g/mol. The lowest BCUT2D eigenvalue weighted by Gasteiger charge is -2.07. The van der Waals surface area contributed by atoms with Gasteiger partial charge in [-0.25, -0.2) is 0 Å². The van der Waals surface area contributed by atoms with E-state index in [1.807, 2.05) is 0 Å². The van der Waals surface area contributed by atoms with Crippen LogP contribution in [0.1, 0.15) is 6.42 Å². The normalized spacial score (nSPS) is 38.9. The van der Waals surface area contributed by atoms with Crippen molar-refractivity contribution >= 4 is 5.97 Å². The molecule has 2 fully saturated rings. The van der Waals surface area contributed by atoms with Crippen LogP contribution in [0.15, 0.2) is 0 Å². The van der Waals surface area contributed by atoms with E-state index in [1.165, 1.54) is 0 Å². The Morgan fingerprint density at radius 1 is 1.33 bits per heavy atom. The first-order valence-electron chi connectivity index (χ1n) is 4.97. The van der Waals surface area contributed by atoms with Crippen LogP contribution >= 0.6 is 0 Å². The molecule has 0 aromatic rings. The highest BCUT2D eigenvalue weighted by molar-refractivity contribution is 5.70. The molecule has 2 aliphatic rings. The maximum atomic E-state index is 10.5. The van der Waals surface area contributed by atoms with Crippen molar-refractivity contribution in [1.29, 1.82) is 0 Å². The van der Waals surface area contributed by atoms with Crippen LogP contribution < -0.4 is 10.2 Å². The van der Waals surface area contributed by atoms with E-state index in [4.69, 9.17) is 25.0 Å². The van der Waals surface area contributed by atoms with E-state index in [-0.39, 0.29) is 6.04 Å². The molecule has 4 N–H and O–H groups in total. The van der Waals surface area contributed by atoms with E-state index < -0.39 is 30.6 Å². The number of rotatable bonds is 0. The van der Waals surface area contributed by atoms with Gasteiger partial charge in [-0.1, -0.05) is 0 Å². The van der Waals surface area contributed by atoms with Gasteiger partial charge in [-0.15, -0.1) is 0 Å². The first-order chi connectivity index (χ1) is 8.12. The summed E-state index contributed by atoms with van der Waals surface area (Å²) in [4.78, 5) is 13.8. The number of aliphatic hydroxyl groups is 3. The highest BCUT2D eigenvalue weighted by Crippen LogP contribution is 2.14. The van der Waals surface area contributed by atoms with Crippen LogP contribution in [-0.2, 0) is 9.63 Å². The Kier molecular flexibility index (Phi) is 4.50. The number of carbonyl (C=O) groups excluding carboxylic acids is 1. The molecule has 0 aliphatic carbocycles. The number of hydrogen-bond acceptors (Lipinski definition) is 6. The lowest BCUT2D eigenvalue weighted by molar-refractivity contribution is -1.09. The van der Waals surface area contributed by atoms with Crippen LogP contribution in [0.2, 0.25) is 0 Å². The standard InChI is InChI=1S/C6H11NO4.C2HF3O2/c8-4-2-7-3(6(4)10)1-5(9)11-7;3-2(4,5)1(6)7/h3-6,8-10H,1-2H2;(H,6,7)/t3-,4+,5+,6-;/m0./s1. The number of alkyl halides is 3. The van der Waals surface area contributed by atoms with Gasteiger partial charge in [0.1, 0.15) is 24.7 Å². The summed E-state index contributed by atoms with van der Waals surface area (Å²) in [6, 6.07) is -0.153. The zero-order valence-corrected chi connectivity index (χ0v) is 8.92. The number of hydrogen-bond donors (Lipinski definition) is 4. The van der Waals surface area contributed by atoms with Crippen molar-refractivity contribution in [1.82, 2.24) is 0 Å². The predicted octanol–water partition coefficient (Wildman–Crippen LogP) is -4.07. The molecule has 5 atom stereocenters. The fraction of sp³-hybridized carbons (Fsp3) is 0.875. The molecule has 10 heteroatoms. The van der Waals surface area contributed by atoms with Crippen molar-refractivity contribution in [3.8, 4) is 0 Å². The molecular weight excluding hydrogens is 263 g/mol. The Bertz CT molecular complexity index is 312. The fourth-order valence-electron chi connectivity index (χ4n) is 1.78. The fourth-order valence-corrected chi connectivity index (χ4v) is 1.78. The largest absolute Gasteiger partial charge is 0.542 e. The Labute approximate surface area is 99.0 Å². The third kappa shape index (κ3) is 3.53. The molecule has 0 saturated carbocycles. The molecule has 2 heterocycles. The number of aliphatic carboxylic acids is 1. The zero-order chi connectivity index (χ0) is 14.1.